The second kappa shape index (κ2) is 5.60. The van der Waals surface area contributed by atoms with Gasteiger partial charge < -0.3 is 9.88 Å². The molecule has 1 amide bonds. The largest absolute Gasteiger partial charge is 0.354 e. The zero-order chi connectivity index (χ0) is 11.1. The number of aldehydes is 1. The molecule has 0 radical (unpaired) electrons. The van der Waals surface area contributed by atoms with Gasteiger partial charge in [0.1, 0.15) is 6.54 Å². The lowest BCUT2D eigenvalue weighted by molar-refractivity contribution is -0.121. The second-order valence-corrected chi connectivity index (χ2v) is 2.94. The van der Waals surface area contributed by atoms with E-state index >= 15 is 0 Å². The standard InChI is InChI=1S/C10H11N3O2/c11-4-2-5-12-10(15)7-13-6-1-3-9(13)8-14/h1,3,6,8H,2,5,7H2,(H,12,15). The van der Waals surface area contributed by atoms with Crippen LogP contribution in [-0.2, 0) is 11.3 Å². The predicted molar refractivity (Wildman–Crippen MR) is 53.1 cm³/mol. The maximum absolute atomic E-state index is 11.3. The predicted octanol–water partition coefficient (Wildman–Crippen LogP) is 0.330. The molecule has 0 bridgehead atoms. The van der Waals surface area contributed by atoms with Crippen LogP contribution in [0.5, 0.6) is 0 Å². The fourth-order valence-electron chi connectivity index (χ4n) is 1.15. The number of hydrogen-bond acceptors (Lipinski definition) is 3. The number of hydrogen-bond donors (Lipinski definition) is 1. The molecule has 0 fully saturated rings. The Labute approximate surface area is 87.3 Å². The fraction of sp³-hybridized carbons (Fsp3) is 0.300. The van der Waals surface area contributed by atoms with Gasteiger partial charge in [0.05, 0.1) is 18.2 Å². The fourth-order valence-corrected chi connectivity index (χ4v) is 1.15. The summed E-state index contributed by atoms with van der Waals surface area (Å²) in [6.45, 7) is 0.444. The van der Waals surface area contributed by atoms with Crippen molar-refractivity contribution >= 4 is 12.2 Å². The van der Waals surface area contributed by atoms with Gasteiger partial charge in [-0.05, 0) is 12.1 Å². The first-order chi connectivity index (χ1) is 7.27. The summed E-state index contributed by atoms with van der Waals surface area (Å²) in [5, 5.41) is 10.8. The van der Waals surface area contributed by atoms with Crippen molar-refractivity contribution in [2.24, 2.45) is 0 Å². The second-order valence-electron chi connectivity index (χ2n) is 2.94. The van der Waals surface area contributed by atoms with Crippen molar-refractivity contribution < 1.29 is 9.59 Å². The van der Waals surface area contributed by atoms with Gasteiger partial charge in [-0.25, -0.2) is 0 Å². The molecule has 1 rings (SSSR count). The van der Waals surface area contributed by atoms with Crippen molar-refractivity contribution in [1.29, 1.82) is 5.26 Å². The van der Waals surface area contributed by atoms with Crippen LogP contribution < -0.4 is 5.32 Å². The van der Waals surface area contributed by atoms with E-state index < -0.39 is 0 Å². The molecule has 0 aliphatic carbocycles. The van der Waals surface area contributed by atoms with Crippen LogP contribution in [0.15, 0.2) is 18.3 Å². The lowest BCUT2D eigenvalue weighted by atomic mass is 10.4. The normalized spacial score (nSPS) is 9.27. The summed E-state index contributed by atoms with van der Waals surface area (Å²) < 4.78 is 1.55. The number of nitrogens with one attached hydrogen (secondary N) is 1. The van der Waals surface area contributed by atoms with E-state index in [0.29, 0.717) is 18.5 Å². The number of carbonyl (C=O) groups excluding carboxylic acids is 2. The monoisotopic (exact) mass is 205 g/mol. The van der Waals surface area contributed by atoms with Crippen molar-refractivity contribution in [3.63, 3.8) is 0 Å². The summed E-state index contributed by atoms with van der Waals surface area (Å²) >= 11 is 0. The first kappa shape index (κ1) is 11.0. The zero-order valence-corrected chi connectivity index (χ0v) is 8.14. The molecule has 1 heterocycles. The van der Waals surface area contributed by atoms with E-state index in [1.165, 1.54) is 0 Å². The van der Waals surface area contributed by atoms with Gasteiger partial charge in [0.25, 0.3) is 0 Å². The minimum absolute atomic E-state index is 0.104. The third-order valence-electron chi connectivity index (χ3n) is 1.86. The third-order valence-corrected chi connectivity index (χ3v) is 1.86. The van der Waals surface area contributed by atoms with Gasteiger partial charge in [0.2, 0.25) is 5.91 Å². The van der Waals surface area contributed by atoms with E-state index in [1.807, 2.05) is 6.07 Å². The molecule has 1 N–H and O–H groups in total. The molecule has 0 spiro atoms. The number of nitriles is 1. The van der Waals surface area contributed by atoms with Crippen molar-refractivity contribution in [2.45, 2.75) is 13.0 Å². The Bertz CT molecular complexity index is 390. The molecule has 15 heavy (non-hydrogen) atoms. The lowest BCUT2D eigenvalue weighted by Gasteiger charge is -2.05. The summed E-state index contributed by atoms with van der Waals surface area (Å²) in [7, 11) is 0. The SMILES string of the molecule is N#CCCNC(=O)Cn1cccc1C=O. The molecule has 0 atom stereocenters. The highest BCUT2D eigenvalue weighted by Gasteiger charge is 2.04. The van der Waals surface area contributed by atoms with Crippen molar-refractivity contribution in [1.82, 2.24) is 9.88 Å². The highest BCUT2D eigenvalue weighted by atomic mass is 16.2. The molecule has 0 aliphatic heterocycles. The van der Waals surface area contributed by atoms with Gasteiger partial charge in [0.15, 0.2) is 6.29 Å². The number of aromatic nitrogens is 1. The van der Waals surface area contributed by atoms with E-state index in [1.54, 1.807) is 22.9 Å². The Balaban J connectivity index is 2.45. The van der Waals surface area contributed by atoms with E-state index in [2.05, 4.69) is 5.32 Å². The highest BCUT2D eigenvalue weighted by molar-refractivity contribution is 5.78. The number of carbonyl (C=O) groups is 2. The molecular weight excluding hydrogens is 194 g/mol. The van der Waals surface area contributed by atoms with E-state index in [-0.39, 0.29) is 18.9 Å². The molecule has 5 heteroatoms. The van der Waals surface area contributed by atoms with Gasteiger partial charge in [0, 0.05) is 12.7 Å². The van der Waals surface area contributed by atoms with Crippen LogP contribution in [0.1, 0.15) is 16.9 Å². The molecule has 0 unspecified atom stereocenters. The van der Waals surface area contributed by atoms with Gasteiger partial charge in [-0.1, -0.05) is 0 Å². The molecule has 0 saturated heterocycles. The molecular formula is C10H11N3O2. The van der Waals surface area contributed by atoms with Gasteiger partial charge >= 0.3 is 0 Å². The molecule has 0 aliphatic rings. The highest BCUT2D eigenvalue weighted by Crippen LogP contribution is 1.98. The van der Waals surface area contributed by atoms with Crippen molar-refractivity contribution in [3.05, 3.63) is 24.0 Å². The molecule has 78 valence electrons. The van der Waals surface area contributed by atoms with Crippen LogP contribution in [-0.4, -0.2) is 23.3 Å². The number of nitrogens with zero attached hydrogens (tertiary/aromatic N) is 2. The van der Waals surface area contributed by atoms with Crippen LogP contribution in [0.2, 0.25) is 0 Å². The Morgan fingerprint density at radius 1 is 1.67 bits per heavy atom. The first-order valence-electron chi connectivity index (χ1n) is 4.52. The van der Waals surface area contributed by atoms with Crippen LogP contribution in [0.4, 0.5) is 0 Å². The quantitative estimate of drug-likeness (QED) is 0.556. The zero-order valence-electron chi connectivity index (χ0n) is 8.14. The minimum atomic E-state index is -0.204. The van der Waals surface area contributed by atoms with E-state index in [4.69, 9.17) is 5.26 Å². The maximum Gasteiger partial charge on any atom is 0.239 e. The molecule has 0 saturated carbocycles. The van der Waals surface area contributed by atoms with E-state index in [9.17, 15) is 9.59 Å². The summed E-state index contributed by atoms with van der Waals surface area (Å²) in [4.78, 5) is 21.8. The molecule has 0 aromatic carbocycles. The lowest BCUT2D eigenvalue weighted by Crippen LogP contribution is -2.28. The summed E-state index contributed by atoms with van der Waals surface area (Å²) in [6.07, 6.45) is 2.65. The van der Waals surface area contributed by atoms with Gasteiger partial charge in [-0.3, -0.25) is 9.59 Å². The Morgan fingerprint density at radius 3 is 3.13 bits per heavy atom. The van der Waals surface area contributed by atoms with Crippen molar-refractivity contribution in [3.8, 4) is 6.07 Å². The Kier molecular flexibility index (Phi) is 4.10. The third kappa shape index (κ3) is 3.27. The smallest absolute Gasteiger partial charge is 0.239 e. The van der Waals surface area contributed by atoms with Gasteiger partial charge in [-0.15, -0.1) is 0 Å². The summed E-state index contributed by atoms with van der Waals surface area (Å²) in [6, 6.07) is 5.26. The average molecular weight is 205 g/mol. The van der Waals surface area contributed by atoms with Crippen molar-refractivity contribution in [2.75, 3.05) is 6.54 Å². The van der Waals surface area contributed by atoms with E-state index in [0.717, 1.165) is 0 Å². The van der Waals surface area contributed by atoms with Crippen LogP contribution in [0.3, 0.4) is 0 Å². The number of amides is 1. The summed E-state index contributed by atoms with van der Waals surface area (Å²) in [5.41, 5.74) is 0.463. The van der Waals surface area contributed by atoms with Gasteiger partial charge in [-0.2, -0.15) is 5.26 Å². The maximum atomic E-state index is 11.3. The van der Waals surface area contributed by atoms with Crippen LogP contribution >= 0.6 is 0 Å². The first-order valence-corrected chi connectivity index (χ1v) is 4.52. The average Bonchev–Trinajstić information content (AvgIpc) is 2.65. The Morgan fingerprint density at radius 2 is 2.47 bits per heavy atom. The molecule has 1 aromatic heterocycles. The topological polar surface area (TPSA) is 74.9 Å². The molecule has 1 aromatic rings. The van der Waals surface area contributed by atoms with Crippen LogP contribution in [0.25, 0.3) is 0 Å². The van der Waals surface area contributed by atoms with Crippen LogP contribution in [0, 0.1) is 11.3 Å². The number of rotatable bonds is 5. The molecule has 5 nitrogen and oxygen atoms in total. The minimum Gasteiger partial charge on any atom is -0.354 e. The summed E-state index contributed by atoms with van der Waals surface area (Å²) in [5.74, 6) is -0.204. The Hall–Kier alpha value is -2.09.